The fourth-order valence-corrected chi connectivity index (χ4v) is 3.64. The van der Waals surface area contributed by atoms with Gasteiger partial charge in [0, 0.05) is 43.2 Å². The van der Waals surface area contributed by atoms with E-state index in [2.05, 4.69) is 20.6 Å². The van der Waals surface area contributed by atoms with Gasteiger partial charge in [-0.05, 0) is 26.0 Å². The molecule has 1 fully saturated rings. The molecule has 8 heteroatoms. The lowest BCUT2D eigenvalue weighted by Crippen LogP contribution is -2.33. The lowest BCUT2D eigenvalue weighted by atomic mass is 10.1. The molecule has 1 aliphatic rings. The third-order valence-corrected chi connectivity index (χ3v) is 5.30. The summed E-state index contributed by atoms with van der Waals surface area (Å²) in [6.07, 6.45) is 0.192. The summed E-state index contributed by atoms with van der Waals surface area (Å²) in [6.45, 7) is 4.66. The molecule has 1 atom stereocenters. The van der Waals surface area contributed by atoms with Gasteiger partial charge in [0.25, 0.3) is 0 Å². The van der Waals surface area contributed by atoms with Gasteiger partial charge in [-0.25, -0.2) is 0 Å². The number of para-hydroxylation sites is 1. The van der Waals surface area contributed by atoms with Gasteiger partial charge in [-0.3, -0.25) is 24.3 Å². The van der Waals surface area contributed by atoms with Crippen molar-refractivity contribution in [3.05, 3.63) is 41.2 Å². The molecule has 4 rings (SSSR count). The summed E-state index contributed by atoms with van der Waals surface area (Å²) in [6, 6.07) is 7.65. The number of anilines is 1. The van der Waals surface area contributed by atoms with E-state index >= 15 is 0 Å². The van der Waals surface area contributed by atoms with E-state index in [-0.39, 0.29) is 24.2 Å². The van der Waals surface area contributed by atoms with E-state index < -0.39 is 0 Å². The molecule has 3 aromatic rings. The quantitative estimate of drug-likeness (QED) is 0.733. The van der Waals surface area contributed by atoms with Crippen LogP contribution in [-0.2, 0) is 23.2 Å². The van der Waals surface area contributed by atoms with Gasteiger partial charge in [0.1, 0.15) is 0 Å². The maximum Gasteiger partial charge on any atom is 0.229 e. The summed E-state index contributed by atoms with van der Waals surface area (Å²) < 4.78 is 1.81. The van der Waals surface area contributed by atoms with Crippen LogP contribution in [0.1, 0.15) is 23.4 Å². The zero-order valence-electron chi connectivity index (χ0n) is 15.6. The van der Waals surface area contributed by atoms with Crippen LogP contribution in [0.25, 0.3) is 10.9 Å². The summed E-state index contributed by atoms with van der Waals surface area (Å²) in [4.78, 5) is 26.7. The van der Waals surface area contributed by atoms with E-state index in [1.807, 2.05) is 45.2 Å². The molecule has 2 N–H and O–H groups in total. The molecule has 2 aromatic heterocycles. The van der Waals surface area contributed by atoms with Gasteiger partial charge in [0.2, 0.25) is 11.8 Å². The highest BCUT2D eigenvalue weighted by Crippen LogP contribution is 2.29. The average molecular weight is 366 g/mol. The number of carbonyl (C=O) groups is 2. The van der Waals surface area contributed by atoms with E-state index in [1.165, 1.54) is 0 Å². The van der Waals surface area contributed by atoms with Crippen molar-refractivity contribution in [3.63, 3.8) is 0 Å². The Hall–Kier alpha value is -3.16. The zero-order valence-corrected chi connectivity index (χ0v) is 15.6. The van der Waals surface area contributed by atoms with E-state index in [4.69, 9.17) is 0 Å². The molecule has 1 unspecified atom stereocenters. The third kappa shape index (κ3) is 2.97. The van der Waals surface area contributed by atoms with Crippen LogP contribution in [0.2, 0.25) is 0 Å². The Bertz CT molecular complexity index is 1030. The van der Waals surface area contributed by atoms with Gasteiger partial charge in [0.15, 0.2) is 5.82 Å². The largest absolute Gasteiger partial charge is 0.352 e. The Morgan fingerprint density at radius 3 is 2.85 bits per heavy atom. The molecule has 0 aliphatic carbocycles. The first-order valence-corrected chi connectivity index (χ1v) is 8.96. The summed E-state index contributed by atoms with van der Waals surface area (Å²) in [7, 11) is 1.88. The highest BCUT2D eigenvalue weighted by Gasteiger charge is 2.36. The highest BCUT2D eigenvalue weighted by molar-refractivity contribution is 6.05. The van der Waals surface area contributed by atoms with E-state index in [1.54, 1.807) is 9.58 Å². The average Bonchev–Trinajstić information content (AvgIpc) is 3.30. The standard InChI is InChI=1S/C19H22N6O2/c1-11-15(12(2)24(3)23-11)9-20-19(27)13-8-17(26)25(10-13)18-14-6-4-5-7-16(14)21-22-18/h4-7,13H,8-10H2,1-3H3,(H,20,27)(H,21,22). The topological polar surface area (TPSA) is 95.9 Å². The molecular formula is C19H22N6O2. The lowest BCUT2D eigenvalue weighted by molar-refractivity contribution is -0.126. The number of H-pyrrole nitrogens is 1. The second kappa shape index (κ2) is 6.53. The van der Waals surface area contributed by atoms with Crippen molar-refractivity contribution < 1.29 is 9.59 Å². The predicted octanol–water partition coefficient (Wildman–Crippen LogP) is 1.58. The lowest BCUT2D eigenvalue weighted by Gasteiger charge is -2.14. The fraction of sp³-hybridized carbons (Fsp3) is 0.368. The number of benzene rings is 1. The molecule has 1 saturated heterocycles. The molecule has 0 bridgehead atoms. The van der Waals surface area contributed by atoms with Crippen LogP contribution in [0.3, 0.4) is 0 Å². The van der Waals surface area contributed by atoms with Gasteiger partial charge in [-0.15, -0.1) is 0 Å². The van der Waals surface area contributed by atoms with Crippen LogP contribution in [0.5, 0.6) is 0 Å². The van der Waals surface area contributed by atoms with Gasteiger partial charge in [-0.1, -0.05) is 12.1 Å². The maximum absolute atomic E-state index is 12.6. The summed E-state index contributed by atoms with van der Waals surface area (Å²) in [5.41, 5.74) is 3.82. The minimum atomic E-state index is -0.384. The zero-order chi connectivity index (χ0) is 19.1. The molecule has 1 aromatic carbocycles. The first-order chi connectivity index (χ1) is 13.0. The van der Waals surface area contributed by atoms with Crippen molar-refractivity contribution in [1.29, 1.82) is 0 Å². The number of amides is 2. The SMILES string of the molecule is Cc1nn(C)c(C)c1CNC(=O)C1CC(=O)N(c2n[nH]c3ccccc23)C1. The predicted molar refractivity (Wildman–Crippen MR) is 101 cm³/mol. The molecule has 0 spiro atoms. The summed E-state index contributed by atoms with van der Waals surface area (Å²) in [5, 5.41) is 15.4. The molecule has 0 saturated carbocycles. The molecule has 2 amide bonds. The van der Waals surface area contributed by atoms with Gasteiger partial charge in [-0.2, -0.15) is 10.2 Å². The van der Waals surface area contributed by atoms with Crippen LogP contribution in [0.15, 0.2) is 24.3 Å². The Balaban J connectivity index is 1.46. The number of carbonyl (C=O) groups excluding carboxylic acids is 2. The van der Waals surface area contributed by atoms with Crippen LogP contribution in [0.4, 0.5) is 5.82 Å². The second-order valence-corrected chi connectivity index (χ2v) is 6.99. The molecule has 140 valence electrons. The monoisotopic (exact) mass is 366 g/mol. The fourth-order valence-electron chi connectivity index (χ4n) is 3.64. The molecule has 0 radical (unpaired) electrons. The molecule has 3 heterocycles. The van der Waals surface area contributed by atoms with Crippen LogP contribution < -0.4 is 10.2 Å². The minimum absolute atomic E-state index is 0.0823. The van der Waals surface area contributed by atoms with E-state index in [0.717, 1.165) is 27.9 Å². The number of nitrogens with one attached hydrogen (secondary N) is 2. The maximum atomic E-state index is 12.6. The first-order valence-electron chi connectivity index (χ1n) is 8.96. The summed E-state index contributed by atoms with van der Waals surface area (Å²) in [5.74, 6) is 0.00424. The van der Waals surface area contributed by atoms with E-state index in [0.29, 0.717) is 18.9 Å². The normalized spacial score (nSPS) is 17.1. The van der Waals surface area contributed by atoms with Crippen molar-refractivity contribution in [1.82, 2.24) is 25.3 Å². The number of rotatable bonds is 4. The molecule has 8 nitrogen and oxygen atoms in total. The molecule has 1 aliphatic heterocycles. The number of aromatic nitrogens is 4. The number of hydrogen-bond acceptors (Lipinski definition) is 4. The van der Waals surface area contributed by atoms with E-state index in [9.17, 15) is 9.59 Å². The van der Waals surface area contributed by atoms with Crippen LogP contribution in [-0.4, -0.2) is 38.3 Å². The first kappa shape index (κ1) is 17.3. The third-order valence-electron chi connectivity index (χ3n) is 5.30. The number of aromatic amines is 1. The van der Waals surface area contributed by atoms with Crippen molar-refractivity contribution in [2.45, 2.75) is 26.8 Å². The highest BCUT2D eigenvalue weighted by atomic mass is 16.2. The van der Waals surface area contributed by atoms with Gasteiger partial charge >= 0.3 is 0 Å². The number of nitrogens with zero attached hydrogens (tertiary/aromatic N) is 4. The van der Waals surface area contributed by atoms with Crippen LogP contribution in [0, 0.1) is 19.8 Å². The van der Waals surface area contributed by atoms with Crippen molar-refractivity contribution >= 4 is 28.5 Å². The smallest absolute Gasteiger partial charge is 0.229 e. The Morgan fingerprint density at radius 1 is 1.33 bits per heavy atom. The van der Waals surface area contributed by atoms with Gasteiger partial charge in [0.05, 0.1) is 17.1 Å². The Morgan fingerprint density at radius 2 is 2.11 bits per heavy atom. The van der Waals surface area contributed by atoms with Gasteiger partial charge < -0.3 is 5.32 Å². The second-order valence-electron chi connectivity index (χ2n) is 6.99. The van der Waals surface area contributed by atoms with Crippen LogP contribution >= 0.6 is 0 Å². The number of hydrogen-bond donors (Lipinski definition) is 2. The number of fused-ring (bicyclic) bond motifs is 1. The summed E-state index contributed by atoms with van der Waals surface area (Å²) >= 11 is 0. The molecule has 27 heavy (non-hydrogen) atoms. The van der Waals surface area contributed by atoms with Crippen molar-refractivity contribution in [3.8, 4) is 0 Å². The van der Waals surface area contributed by atoms with Crippen molar-refractivity contribution in [2.24, 2.45) is 13.0 Å². The minimum Gasteiger partial charge on any atom is -0.352 e. The van der Waals surface area contributed by atoms with Crippen molar-refractivity contribution in [2.75, 3.05) is 11.4 Å². The molecular weight excluding hydrogens is 344 g/mol. The Labute approximate surface area is 156 Å². The number of aryl methyl sites for hydroxylation is 2. The Kier molecular flexibility index (Phi) is 4.18.